The van der Waals surface area contributed by atoms with E-state index in [-0.39, 0.29) is 16.0 Å². The van der Waals surface area contributed by atoms with Crippen molar-refractivity contribution in [3.8, 4) is 0 Å². The molecular formula is C22H31ClN4O3S2. The maximum atomic E-state index is 12.6. The van der Waals surface area contributed by atoms with Crippen molar-refractivity contribution in [3.05, 3.63) is 46.8 Å². The van der Waals surface area contributed by atoms with E-state index in [1.54, 1.807) is 11.4 Å². The van der Waals surface area contributed by atoms with Crippen molar-refractivity contribution in [2.24, 2.45) is 5.92 Å². The number of carbonyl (C=O) groups is 1. The Hall–Kier alpha value is -1.65. The Labute approximate surface area is 199 Å². The fraction of sp³-hybridized carbons (Fsp3) is 0.500. The highest BCUT2D eigenvalue weighted by Crippen LogP contribution is 2.21. The lowest BCUT2D eigenvalue weighted by Crippen LogP contribution is -2.50. The predicted octanol–water partition coefficient (Wildman–Crippen LogP) is 3.03. The molecule has 0 bridgehead atoms. The molecule has 0 aliphatic carbocycles. The summed E-state index contributed by atoms with van der Waals surface area (Å²) in [6, 6.07) is 10.3. The van der Waals surface area contributed by atoms with Crippen LogP contribution in [0.25, 0.3) is 0 Å². The Morgan fingerprint density at radius 2 is 1.91 bits per heavy atom. The number of benzene rings is 1. The number of nitrogens with zero attached hydrogens (tertiary/aromatic N) is 2. The van der Waals surface area contributed by atoms with Gasteiger partial charge in [0.2, 0.25) is 5.91 Å². The van der Waals surface area contributed by atoms with Gasteiger partial charge >= 0.3 is 0 Å². The molecule has 1 atom stereocenters. The standard InChI is InChI=1S/C22H31ClN4O3S2/c1-17(2)21(25-32(29,30)20-8-4-15-31-20)22(28)24-9-5-10-26-11-13-27(14-12-26)19-7-3-6-18(23)16-19/h3-4,6-8,15-17,21,25H,5,9-14H2,1-2H3,(H,24,28). The van der Waals surface area contributed by atoms with Gasteiger partial charge in [0.15, 0.2) is 0 Å². The number of halogens is 1. The van der Waals surface area contributed by atoms with Crippen molar-refractivity contribution in [2.75, 3.05) is 44.2 Å². The minimum absolute atomic E-state index is 0.163. The minimum Gasteiger partial charge on any atom is -0.369 e. The Morgan fingerprint density at radius 1 is 1.16 bits per heavy atom. The first-order valence-electron chi connectivity index (χ1n) is 10.8. The Bertz CT molecular complexity index is 975. The monoisotopic (exact) mass is 498 g/mol. The molecule has 0 spiro atoms. The molecule has 1 unspecified atom stereocenters. The van der Waals surface area contributed by atoms with Crippen LogP contribution < -0.4 is 14.9 Å². The van der Waals surface area contributed by atoms with Crippen LogP contribution in [0.5, 0.6) is 0 Å². The second-order valence-electron chi connectivity index (χ2n) is 8.23. The molecule has 1 fully saturated rings. The lowest BCUT2D eigenvalue weighted by atomic mass is 10.1. The molecule has 7 nitrogen and oxygen atoms in total. The van der Waals surface area contributed by atoms with Crippen LogP contribution in [-0.2, 0) is 14.8 Å². The molecule has 1 aromatic carbocycles. The van der Waals surface area contributed by atoms with Crippen LogP contribution >= 0.6 is 22.9 Å². The van der Waals surface area contributed by atoms with Crippen LogP contribution in [0.15, 0.2) is 46.0 Å². The average molecular weight is 499 g/mol. The molecule has 32 heavy (non-hydrogen) atoms. The van der Waals surface area contributed by atoms with Gasteiger partial charge in [0.1, 0.15) is 10.3 Å². The molecule has 10 heteroatoms. The number of hydrogen-bond acceptors (Lipinski definition) is 6. The number of amides is 1. The smallest absolute Gasteiger partial charge is 0.250 e. The van der Waals surface area contributed by atoms with Gasteiger partial charge in [-0.3, -0.25) is 9.69 Å². The van der Waals surface area contributed by atoms with Gasteiger partial charge in [0.05, 0.1) is 0 Å². The van der Waals surface area contributed by atoms with E-state index in [0.29, 0.717) is 6.54 Å². The number of piperazine rings is 1. The molecule has 1 aliphatic rings. The zero-order valence-corrected chi connectivity index (χ0v) is 20.8. The summed E-state index contributed by atoms with van der Waals surface area (Å²) in [5.74, 6) is -0.449. The second kappa shape index (κ2) is 11.5. The van der Waals surface area contributed by atoms with Crippen molar-refractivity contribution < 1.29 is 13.2 Å². The van der Waals surface area contributed by atoms with E-state index in [1.807, 2.05) is 32.0 Å². The highest BCUT2D eigenvalue weighted by molar-refractivity contribution is 7.91. The molecule has 1 aromatic heterocycles. The number of rotatable bonds is 10. The third-order valence-corrected chi connectivity index (χ3v) is 8.56. The Morgan fingerprint density at radius 3 is 2.53 bits per heavy atom. The third kappa shape index (κ3) is 6.92. The predicted molar refractivity (Wildman–Crippen MR) is 131 cm³/mol. The number of carbonyl (C=O) groups excluding carboxylic acids is 1. The molecule has 1 amide bonds. The molecule has 2 N–H and O–H groups in total. The summed E-state index contributed by atoms with van der Waals surface area (Å²) in [6.07, 6.45) is 0.811. The van der Waals surface area contributed by atoms with Crippen LogP contribution in [-0.4, -0.2) is 64.5 Å². The summed E-state index contributed by atoms with van der Waals surface area (Å²) in [4.78, 5) is 17.4. The minimum atomic E-state index is -3.70. The Balaban J connectivity index is 1.40. The summed E-state index contributed by atoms with van der Waals surface area (Å²) in [5, 5.41) is 5.35. The third-order valence-electron chi connectivity index (χ3n) is 5.49. The van der Waals surface area contributed by atoms with E-state index in [9.17, 15) is 13.2 Å². The summed E-state index contributed by atoms with van der Waals surface area (Å²) in [5.41, 5.74) is 1.15. The molecule has 176 valence electrons. The molecule has 2 heterocycles. The van der Waals surface area contributed by atoms with Gasteiger partial charge in [-0.15, -0.1) is 11.3 Å². The quantitative estimate of drug-likeness (QED) is 0.492. The van der Waals surface area contributed by atoms with Crippen molar-refractivity contribution >= 4 is 44.6 Å². The maximum Gasteiger partial charge on any atom is 0.250 e. The van der Waals surface area contributed by atoms with Gasteiger partial charge in [0, 0.05) is 43.4 Å². The second-order valence-corrected chi connectivity index (χ2v) is 11.6. The zero-order valence-electron chi connectivity index (χ0n) is 18.5. The normalized spacial score (nSPS) is 16.3. The van der Waals surface area contributed by atoms with Crippen LogP contribution in [0.2, 0.25) is 5.02 Å². The molecule has 1 saturated heterocycles. The van der Waals surface area contributed by atoms with Crippen molar-refractivity contribution in [1.29, 1.82) is 0 Å². The first kappa shape index (κ1) is 25.0. The summed E-state index contributed by atoms with van der Waals surface area (Å²) >= 11 is 7.23. The van der Waals surface area contributed by atoms with Crippen LogP contribution in [0, 0.1) is 5.92 Å². The molecule has 2 aromatic rings. The van der Waals surface area contributed by atoms with Crippen molar-refractivity contribution in [2.45, 2.75) is 30.5 Å². The largest absolute Gasteiger partial charge is 0.369 e. The van der Waals surface area contributed by atoms with Crippen LogP contribution in [0.4, 0.5) is 5.69 Å². The van der Waals surface area contributed by atoms with E-state index < -0.39 is 16.1 Å². The van der Waals surface area contributed by atoms with E-state index in [4.69, 9.17) is 11.6 Å². The Kier molecular flexibility index (Phi) is 8.95. The van der Waals surface area contributed by atoms with Gasteiger partial charge in [0.25, 0.3) is 10.0 Å². The molecule has 0 saturated carbocycles. The first-order valence-corrected chi connectivity index (χ1v) is 13.6. The van der Waals surface area contributed by atoms with E-state index in [2.05, 4.69) is 25.9 Å². The first-order chi connectivity index (χ1) is 15.3. The topological polar surface area (TPSA) is 81.7 Å². The number of nitrogens with one attached hydrogen (secondary N) is 2. The maximum absolute atomic E-state index is 12.6. The molecular weight excluding hydrogens is 468 g/mol. The lowest BCUT2D eigenvalue weighted by Gasteiger charge is -2.36. The van der Waals surface area contributed by atoms with Gasteiger partial charge in [-0.2, -0.15) is 4.72 Å². The fourth-order valence-corrected chi connectivity index (χ4v) is 6.20. The van der Waals surface area contributed by atoms with Gasteiger partial charge in [-0.25, -0.2) is 8.42 Å². The van der Waals surface area contributed by atoms with Gasteiger partial charge in [-0.1, -0.05) is 37.6 Å². The van der Waals surface area contributed by atoms with Crippen molar-refractivity contribution in [3.63, 3.8) is 0 Å². The molecule has 0 radical (unpaired) electrons. The van der Waals surface area contributed by atoms with E-state index in [0.717, 1.165) is 61.2 Å². The highest BCUT2D eigenvalue weighted by Gasteiger charge is 2.28. The number of thiophene rings is 1. The molecule has 3 rings (SSSR count). The summed E-state index contributed by atoms with van der Waals surface area (Å²) in [7, 11) is -3.70. The average Bonchev–Trinajstić information content (AvgIpc) is 3.31. The zero-order chi connectivity index (χ0) is 23.1. The number of hydrogen-bond donors (Lipinski definition) is 2. The van der Waals surface area contributed by atoms with Crippen LogP contribution in [0.1, 0.15) is 20.3 Å². The van der Waals surface area contributed by atoms with Crippen molar-refractivity contribution in [1.82, 2.24) is 14.9 Å². The molecule has 1 aliphatic heterocycles. The highest BCUT2D eigenvalue weighted by atomic mass is 35.5. The summed E-state index contributed by atoms with van der Waals surface area (Å²) in [6.45, 7) is 8.85. The van der Waals surface area contributed by atoms with Gasteiger partial charge < -0.3 is 10.2 Å². The van der Waals surface area contributed by atoms with E-state index >= 15 is 0 Å². The van der Waals surface area contributed by atoms with E-state index in [1.165, 1.54) is 6.07 Å². The number of sulfonamides is 1. The SMILES string of the molecule is CC(C)C(NS(=O)(=O)c1cccs1)C(=O)NCCCN1CCN(c2cccc(Cl)c2)CC1. The fourth-order valence-electron chi connectivity index (χ4n) is 3.66. The lowest BCUT2D eigenvalue weighted by molar-refractivity contribution is -0.123. The summed E-state index contributed by atoms with van der Waals surface area (Å²) < 4.78 is 27.8. The van der Waals surface area contributed by atoms with Crippen LogP contribution in [0.3, 0.4) is 0 Å². The number of anilines is 1. The van der Waals surface area contributed by atoms with Gasteiger partial charge in [-0.05, 0) is 48.5 Å².